The van der Waals surface area contributed by atoms with Gasteiger partial charge in [0.05, 0.1) is 7.11 Å². The molecule has 0 saturated carbocycles. The van der Waals surface area contributed by atoms with Crippen LogP contribution in [0.2, 0.25) is 0 Å². The number of benzene rings is 4. The van der Waals surface area contributed by atoms with Crippen molar-refractivity contribution in [2.24, 2.45) is 0 Å². The zero-order chi connectivity index (χ0) is 19.9. The van der Waals surface area contributed by atoms with Crippen molar-refractivity contribution in [3.05, 3.63) is 120 Å². The molecule has 4 aromatic rings. The summed E-state index contributed by atoms with van der Waals surface area (Å²) in [5.41, 5.74) is 2.05. The normalized spacial score (nSPS) is 9.93. The fourth-order valence-electron chi connectivity index (χ4n) is 3.17. The van der Waals surface area contributed by atoms with Crippen molar-refractivity contribution in [1.82, 2.24) is 0 Å². The Morgan fingerprint density at radius 3 is 1.70 bits per heavy atom. The van der Waals surface area contributed by atoms with E-state index in [-0.39, 0.29) is 22.4 Å². The van der Waals surface area contributed by atoms with Gasteiger partial charge in [-0.1, -0.05) is 90.7 Å². The first kappa shape index (κ1) is 22.1. The third-order valence-corrected chi connectivity index (χ3v) is 7.11. The van der Waals surface area contributed by atoms with Crippen LogP contribution >= 0.6 is 7.92 Å². The van der Waals surface area contributed by atoms with Gasteiger partial charge in [0.25, 0.3) is 0 Å². The van der Waals surface area contributed by atoms with Gasteiger partial charge in [0.1, 0.15) is 5.75 Å². The van der Waals surface area contributed by atoms with Crippen LogP contribution in [0, 0.1) is 11.8 Å². The van der Waals surface area contributed by atoms with Crippen molar-refractivity contribution in [3.8, 4) is 17.6 Å². The third kappa shape index (κ3) is 5.31. The first-order chi connectivity index (χ1) is 14.3. The molecule has 0 amide bonds. The summed E-state index contributed by atoms with van der Waals surface area (Å²) >= 11 is 0. The van der Waals surface area contributed by atoms with Gasteiger partial charge in [-0.15, -0.1) is 0 Å². The van der Waals surface area contributed by atoms with Crippen LogP contribution in [0.1, 0.15) is 11.1 Å². The largest absolute Gasteiger partial charge is 0.497 e. The van der Waals surface area contributed by atoms with Crippen LogP contribution in [0.4, 0.5) is 0 Å². The van der Waals surface area contributed by atoms with E-state index in [2.05, 4.69) is 96.8 Å². The number of hydrogen-bond donors (Lipinski definition) is 0. The minimum Gasteiger partial charge on any atom is -0.497 e. The summed E-state index contributed by atoms with van der Waals surface area (Å²) in [6.07, 6.45) is 0. The molecule has 0 heterocycles. The standard InChI is InChI=1S/C27H21OP.Au/c1-28-24-20-17-22(18-21-24)16-19-23-10-8-9-15-27(23)29(25-11-4-2-5-12-25)26-13-6-3-7-14-26;/h2-15,17-18,20-21H,1H3;. The second-order valence-corrected chi connectivity index (χ2v) is 8.69. The van der Waals surface area contributed by atoms with Crippen molar-refractivity contribution in [2.45, 2.75) is 0 Å². The first-order valence-electron chi connectivity index (χ1n) is 9.50. The minimum atomic E-state index is -0.678. The molecular weight excluding hydrogens is 568 g/mol. The van der Waals surface area contributed by atoms with Crippen LogP contribution in [-0.2, 0) is 22.4 Å². The summed E-state index contributed by atoms with van der Waals surface area (Å²) in [6.45, 7) is 0. The van der Waals surface area contributed by atoms with Gasteiger partial charge >= 0.3 is 0 Å². The molecule has 4 aromatic carbocycles. The molecule has 0 bridgehead atoms. The van der Waals surface area contributed by atoms with Crippen LogP contribution < -0.4 is 20.7 Å². The van der Waals surface area contributed by atoms with E-state index in [1.165, 1.54) is 15.9 Å². The predicted molar refractivity (Wildman–Crippen MR) is 124 cm³/mol. The molecule has 30 heavy (non-hydrogen) atoms. The summed E-state index contributed by atoms with van der Waals surface area (Å²) in [5.74, 6) is 7.57. The van der Waals surface area contributed by atoms with Crippen LogP contribution in [0.5, 0.6) is 5.75 Å². The predicted octanol–water partition coefficient (Wildman–Crippen LogP) is 4.85. The number of ether oxygens (including phenoxy) is 1. The van der Waals surface area contributed by atoms with Crippen molar-refractivity contribution in [3.63, 3.8) is 0 Å². The molecule has 0 spiro atoms. The van der Waals surface area contributed by atoms with Crippen LogP contribution in [0.3, 0.4) is 0 Å². The number of hydrogen-bond acceptors (Lipinski definition) is 1. The molecule has 0 unspecified atom stereocenters. The Morgan fingerprint density at radius 2 is 1.13 bits per heavy atom. The third-order valence-electron chi connectivity index (χ3n) is 4.61. The van der Waals surface area contributed by atoms with Crippen LogP contribution in [0.25, 0.3) is 0 Å². The Hall–Kier alpha value is -2.59. The molecule has 1 nitrogen and oxygen atoms in total. The molecule has 0 aliphatic carbocycles. The Bertz CT molecular complexity index is 1090. The number of rotatable bonds is 4. The maximum Gasteiger partial charge on any atom is 0.118 e. The van der Waals surface area contributed by atoms with E-state index in [9.17, 15) is 0 Å². The van der Waals surface area contributed by atoms with Gasteiger partial charge in [0.15, 0.2) is 0 Å². The molecule has 0 atom stereocenters. The maximum atomic E-state index is 5.23. The van der Waals surface area contributed by atoms with E-state index in [1.54, 1.807) is 7.11 Å². The van der Waals surface area contributed by atoms with Gasteiger partial charge in [-0.2, -0.15) is 0 Å². The van der Waals surface area contributed by atoms with Gasteiger partial charge in [-0.3, -0.25) is 0 Å². The zero-order valence-corrected chi connectivity index (χ0v) is 19.6. The van der Waals surface area contributed by atoms with E-state index in [0.717, 1.165) is 16.9 Å². The average Bonchev–Trinajstić information content (AvgIpc) is 2.80. The van der Waals surface area contributed by atoms with E-state index >= 15 is 0 Å². The Labute approximate surface area is 195 Å². The van der Waals surface area contributed by atoms with E-state index in [0.29, 0.717) is 0 Å². The van der Waals surface area contributed by atoms with Crippen molar-refractivity contribution < 1.29 is 27.1 Å². The van der Waals surface area contributed by atoms with Crippen LogP contribution in [-0.4, -0.2) is 7.11 Å². The summed E-state index contributed by atoms with van der Waals surface area (Å²) in [5, 5.41) is 3.93. The molecule has 0 aromatic heterocycles. The second-order valence-electron chi connectivity index (χ2n) is 6.50. The summed E-state index contributed by atoms with van der Waals surface area (Å²) < 4.78 is 5.23. The Balaban J connectivity index is 0.00000256. The molecule has 1 radical (unpaired) electrons. The van der Waals surface area contributed by atoms with E-state index < -0.39 is 7.92 Å². The first-order valence-corrected chi connectivity index (χ1v) is 10.8. The van der Waals surface area contributed by atoms with Gasteiger partial charge < -0.3 is 4.74 Å². The Morgan fingerprint density at radius 1 is 0.600 bits per heavy atom. The minimum absolute atomic E-state index is 0. The fourth-order valence-corrected chi connectivity index (χ4v) is 5.57. The fraction of sp³-hybridized carbons (Fsp3) is 0.0370. The Kier molecular flexibility index (Phi) is 8.09. The van der Waals surface area contributed by atoms with Crippen LogP contribution in [0.15, 0.2) is 109 Å². The quantitative estimate of drug-likeness (QED) is 0.188. The zero-order valence-electron chi connectivity index (χ0n) is 16.5. The van der Waals surface area contributed by atoms with Crippen molar-refractivity contribution >= 4 is 23.8 Å². The summed E-state index contributed by atoms with van der Waals surface area (Å²) in [6, 6.07) is 37.8. The van der Waals surface area contributed by atoms with Crippen molar-refractivity contribution in [1.29, 1.82) is 0 Å². The summed E-state index contributed by atoms with van der Waals surface area (Å²) in [4.78, 5) is 0. The topological polar surface area (TPSA) is 9.23 Å². The van der Waals surface area contributed by atoms with Gasteiger partial charge in [0.2, 0.25) is 0 Å². The second kappa shape index (κ2) is 11.0. The van der Waals surface area contributed by atoms with Gasteiger partial charge in [-0.25, -0.2) is 0 Å². The van der Waals surface area contributed by atoms with E-state index in [1.807, 2.05) is 24.3 Å². The molecule has 4 rings (SSSR count). The van der Waals surface area contributed by atoms with Gasteiger partial charge in [0, 0.05) is 38.8 Å². The van der Waals surface area contributed by atoms with Gasteiger partial charge in [-0.05, 0) is 48.9 Å². The van der Waals surface area contributed by atoms with Crippen molar-refractivity contribution in [2.75, 3.05) is 7.11 Å². The molecule has 151 valence electrons. The maximum absolute atomic E-state index is 5.23. The SMILES string of the molecule is COc1ccc(C#Cc2ccccc2P(c2ccccc2)c2ccccc2)cc1.[Au]. The smallest absolute Gasteiger partial charge is 0.118 e. The van der Waals surface area contributed by atoms with E-state index in [4.69, 9.17) is 4.74 Å². The molecule has 0 saturated heterocycles. The summed E-state index contributed by atoms with van der Waals surface area (Å²) in [7, 11) is 0.995. The average molecular weight is 589 g/mol. The molecule has 3 heteroatoms. The number of methoxy groups -OCH3 is 1. The monoisotopic (exact) mass is 589 g/mol. The molecule has 0 aliphatic rings. The molecule has 0 aliphatic heterocycles. The molecule has 0 N–H and O–H groups in total. The molecule has 0 fully saturated rings. The molecular formula is C27H21AuOP.